The van der Waals surface area contributed by atoms with Crippen LogP contribution in [0.5, 0.6) is 0 Å². The van der Waals surface area contributed by atoms with Crippen molar-refractivity contribution in [2.75, 3.05) is 0 Å². The topological polar surface area (TPSA) is 0 Å². The van der Waals surface area contributed by atoms with Crippen molar-refractivity contribution in [3.8, 4) is 0 Å². The molecule has 0 nitrogen and oxygen atoms in total. The molecular formula is C4H9S2. The maximum atomic E-state index is 4.00. The molecule has 0 unspecified atom stereocenters. The molecule has 0 saturated heterocycles. The maximum Gasteiger partial charge on any atom is 0.0442 e. The van der Waals surface area contributed by atoms with Crippen LogP contribution in [0.25, 0.3) is 0 Å². The molecule has 0 aromatic heterocycles. The van der Waals surface area contributed by atoms with Gasteiger partial charge in [0.15, 0.2) is 0 Å². The van der Waals surface area contributed by atoms with E-state index in [0.29, 0.717) is 0 Å². The van der Waals surface area contributed by atoms with Crippen molar-refractivity contribution in [3.05, 3.63) is 6.92 Å². The van der Waals surface area contributed by atoms with Gasteiger partial charge in [0.1, 0.15) is 0 Å². The van der Waals surface area contributed by atoms with Crippen molar-refractivity contribution in [1.82, 2.24) is 0 Å². The third kappa shape index (κ3) is 4.70. The van der Waals surface area contributed by atoms with Crippen LogP contribution < -0.4 is 0 Å². The molecule has 2 heteroatoms. The van der Waals surface area contributed by atoms with Crippen molar-refractivity contribution in [2.45, 2.75) is 17.4 Å². The average Bonchev–Trinajstić information content (AvgIpc) is 1.35. The predicted octanol–water partition coefficient (Wildman–Crippen LogP) is 1.79. The first-order valence-electron chi connectivity index (χ1n) is 1.92. The van der Waals surface area contributed by atoms with E-state index < -0.39 is 0 Å². The highest BCUT2D eigenvalue weighted by Crippen LogP contribution is 2.06. The first-order chi connectivity index (χ1) is 2.77. The van der Waals surface area contributed by atoms with Crippen LogP contribution in [0.4, 0.5) is 0 Å². The molecule has 0 heterocycles. The van der Waals surface area contributed by atoms with E-state index in [9.17, 15) is 0 Å². The molecule has 0 fully saturated rings. The third-order valence-electron chi connectivity index (χ3n) is 0.462. The van der Waals surface area contributed by atoms with Crippen molar-refractivity contribution in [1.29, 1.82) is 0 Å². The third-order valence-corrected chi connectivity index (χ3v) is 0.979. The Labute approximate surface area is 50.1 Å². The van der Waals surface area contributed by atoms with E-state index in [1.807, 2.05) is 0 Å². The maximum absolute atomic E-state index is 4.00. The summed E-state index contributed by atoms with van der Waals surface area (Å²) in [5, 5.41) is 0. The van der Waals surface area contributed by atoms with Gasteiger partial charge in [0.2, 0.25) is 0 Å². The minimum atomic E-state index is 0.225. The lowest BCUT2D eigenvalue weighted by Crippen LogP contribution is -1.81. The van der Waals surface area contributed by atoms with Crippen LogP contribution in [-0.4, -0.2) is 4.58 Å². The Bertz CT molecular complexity index is 26.7. The standard InChI is InChI=1S/C4H9S2/c1-2-3-4(5)6/h4-6H,1-3H2. The Kier molecular flexibility index (Phi) is 4.33. The molecule has 0 aliphatic carbocycles. The second kappa shape index (κ2) is 3.88. The number of thiol groups is 2. The van der Waals surface area contributed by atoms with Crippen LogP contribution in [0.3, 0.4) is 0 Å². The molecule has 1 radical (unpaired) electrons. The molecule has 0 saturated carbocycles. The van der Waals surface area contributed by atoms with Crippen molar-refractivity contribution in [2.24, 2.45) is 0 Å². The summed E-state index contributed by atoms with van der Waals surface area (Å²) < 4.78 is 0.225. The van der Waals surface area contributed by atoms with Gasteiger partial charge in [-0.1, -0.05) is 13.3 Å². The van der Waals surface area contributed by atoms with E-state index in [-0.39, 0.29) is 4.58 Å². The van der Waals surface area contributed by atoms with Crippen LogP contribution in [-0.2, 0) is 0 Å². The molecule has 0 aliphatic heterocycles. The Morgan fingerprint density at radius 1 is 1.50 bits per heavy atom. The predicted molar refractivity (Wildman–Crippen MR) is 36.4 cm³/mol. The van der Waals surface area contributed by atoms with E-state index in [2.05, 4.69) is 32.2 Å². The lowest BCUT2D eigenvalue weighted by Gasteiger charge is -1.94. The SMILES string of the molecule is [CH2]CCC(S)S. The summed E-state index contributed by atoms with van der Waals surface area (Å²) in [6, 6.07) is 0. The van der Waals surface area contributed by atoms with E-state index >= 15 is 0 Å². The summed E-state index contributed by atoms with van der Waals surface area (Å²) in [4.78, 5) is 0. The van der Waals surface area contributed by atoms with Crippen molar-refractivity contribution < 1.29 is 0 Å². The molecule has 0 amide bonds. The Balaban J connectivity index is 2.63. The number of hydrogen-bond donors (Lipinski definition) is 2. The largest absolute Gasteiger partial charge is 0.165 e. The molecule has 0 spiro atoms. The highest BCUT2D eigenvalue weighted by molar-refractivity contribution is 7.99. The van der Waals surface area contributed by atoms with Gasteiger partial charge in [-0.3, -0.25) is 0 Å². The second-order valence-corrected chi connectivity index (χ2v) is 2.78. The van der Waals surface area contributed by atoms with Crippen molar-refractivity contribution in [3.63, 3.8) is 0 Å². The van der Waals surface area contributed by atoms with E-state index in [1.54, 1.807) is 0 Å². The van der Waals surface area contributed by atoms with Gasteiger partial charge in [0.05, 0.1) is 0 Å². The van der Waals surface area contributed by atoms with Crippen LogP contribution in [0.2, 0.25) is 0 Å². The molecule has 37 valence electrons. The van der Waals surface area contributed by atoms with Gasteiger partial charge >= 0.3 is 0 Å². The lowest BCUT2D eigenvalue weighted by molar-refractivity contribution is 0.943. The molecule has 0 aliphatic rings. The van der Waals surface area contributed by atoms with Crippen LogP contribution >= 0.6 is 25.3 Å². The fourth-order valence-electron chi connectivity index (χ4n) is 0.183. The van der Waals surface area contributed by atoms with Crippen LogP contribution in [0.1, 0.15) is 12.8 Å². The normalized spacial score (nSPS) is 10.0. The smallest absolute Gasteiger partial charge is 0.0442 e. The zero-order valence-corrected chi connectivity index (χ0v) is 5.38. The van der Waals surface area contributed by atoms with Crippen molar-refractivity contribution >= 4 is 25.3 Å². The Morgan fingerprint density at radius 3 is 2.00 bits per heavy atom. The van der Waals surface area contributed by atoms with E-state index in [4.69, 9.17) is 0 Å². The number of hydrogen-bond acceptors (Lipinski definition) is 2. The Morgan fingerprint density at radius 2 is 2.00 bits per heavy atom. The fourth-order valence-corrected chi connectivity index (χ4v) is 0.548. The summed E-state index contributed by atoms with van der Waals surface area (Å²) >= 11 is 8.00. The summed E-state index contributed by atoms with van der Waals surface area (Å²) in [5.41, 5.74) is 0. The minimum Gasteiger partial charge on any atom is -0.165 e. The zero-order valence-electron chi connectivity index (χ0n) is 3.59. The van der Waals surface area contributed by atoms with Gasteiger partial charge in [0.25, 0.3) is 0 Å². The molecule has 0 rings (SSSR count). The molecule has 0 atom stereocenters. The van der Waals surface area contributed by atoms with Gasteiger partial charge in [0, 0.05) is 4.58 Å². The summed E-state index contributed by atoms with van der Waals surface area (Å²) in [6.45, 7) is 3.63. The van der Waals surface area contributed by atoms with Crippen LogP contribution in [0.15, 0.2) is 0 Å². The van der Waals surface area contributed by atoms with Crippen LogP contribution in [0, 0.1) is 6.92 Å². The van der Waals surface area contributed by atoms with Gasteiger partial charge in [-0.25, -0.2) is 0 Å². The van der Waals surface area contributed by atoms with Gasteiger partial charge < -0.3 is 0 Å². The Hall–Kier alpha value is 0.700. The monoisotopic (exact) mass is 121 g/mol. The van der Waals surface area contributed by atoms with E-state index in [0.717, 1.165) is 12.8 Å². The molecule has 0 aromatic rings. The molecule has 6 heavy (non-hydrogen) atoms. The summed E-state index contributed by atoms with van der Waals surface area (Å²) in [7, 11) is 0. The fraction of sp³-hybridized carbons (Fsp3) is 0.750. The van der Waals surface area contributed by atoms with Gasteiger partial charge in [-0.15, -0.1) is 0 Å². The average molecular weight is 121 g/mol. The second-order valence-electron chi connectivity index (χ2n) is 1.12. The minimum absolute atomic E-state index is 0.225. The van der Waals surface area contributed by atoms with E-state index in [1.165, 1.54) is 0 Å². The molecule has 0 aromatic carbocycles. The number of rotatable bonds is 2. The summed E-state index contributed by atoms with van der Waals surface area (Å²) in [6.07, 6.45) is 1.92. The molecule has 0 bridgehead atoms. The quantitative estimate of drug-likeness (QED) is 0.404. The first-order valence-corrected chi connectivity index (χ1v) is 2.96. The van der Waals surface area contributed by atoms with Gasteiger partial charge in [-0.2, -0.15) is 25.3 Å². The summed E-state index contributed by atoms with van der Waals surface area (Å²) in [5.74, 6) is 0. The lowest BCUT2D eigenvalue weighted by atomic mass is 10.4. The molecular weight excluding hydrogens is 112 g/mol. The highest BCUT2D eigenvalue weighted by atomic mass is 32.2. The highest BCUT2D eigenvalue weighted by Gasteiger charge is 1.87. The zero-order chi connectivity index (χ0) is 4.99. The van der Waals surface area contributed by atoms with Gasteiger partial charge in [-0.05, 0) is 6.42 Å². The molecule has 0 N–H and O–H groups in total. The first kappa shape index (κ1) is 6.70.